The fourth-order valence-electron chi connectivity index (χ4n) is 2.68. The number of rotatable bonds is 2. The first-order chi connectivity index (χ1) is 9.50. The van der Waals surface area contributed by atoms with Gasteiger partial charge in [0.05, 0.1) is 6.54 Å². The van der Waals surface area contributed by atoms with Crippen LogP contribution in [0.4, 0.5) is 8.78 Å². The number of aromatic nitrogens is 1. The summed E-state index contributed by atoms with van der Waals surface area (Å²) in [5, 5.41) is 1.04. The van der Waals surface area contributed by atoms with E-state index in [1.807, 2.05) is 12.1 Å². The van der Waals surface area contributed by atoms with Gasteiger partial charge in [-0.25, -0.2) is 8.78 Å². The molecule has 1 heterocycles. The Bertz CT molecular complexity index is 640. The quantitative estimate of drug-likeness (QED) is 0.689. The minimum atomic E-state index is -2.35. The summed E-state index contributed by atoms with van der Waals surface area (Å²) in [6, 6.07) is 8.26. The summed E-state index contributed by atoms with van der Waals surface area (Å²) in [5.74, 6) is 0. The van der Waals surface area contributed by atoms with E-state index in [1.54, 1.807) is 4.57 Å². The molecule has 0 saturated heterocycles. The van der Waals surface area contributed by atoms with Gasteiger partial charge in [0.25, 0.3) is 6.43 Å². The van der Waals surface area contributed by atoms with Gasteiger partial charge >= 0.3 is 0 Å². The molecule has 0 bridgehead atoms. The number of benzene rings is 1. The van der Waals surface area contributed by atoms with Crippen molar-refractivity contribution in [3.05, 3.63) is 35.5 Å². The van der Waals surface area contributed by atoms with Gasteiger partial charge in [-0.2, -0.15) is 0 Å². The van der Waals surface area contributed by atoms with Gasteiger partial charge < -0.3 is 4.57 Å². The molecule has 0 aliphatic heterocycles. The SMILES string of the molecule is CC(C)(C)c1ccc2cc(C(C)(C)C)n(CC(F)F)c2c1. The van der Waals surface area contributed by atoms with Crippen LogP contribution >= 0.6 is 0 Å². The average molecular weight is 293 g/mol. The van der Waals surface area contributed by atoms with Gasteiger partial charge in [0.15, 0.2) is 0 Å². The summed E-state index contributed by atoms with van der Waals surface area (Å²) < 4.78 is 27.8. The maximum absolute atomic E-state index is 13.0. The summed E-state index contributed by atoms with van der Waals surface area (Å²) >= 11 is 0. The van der Waals surface area contributed by atoms with E-state index >= 15 is 0 Å². The number of alkyl halides is 2. The van der Waals surface area contributed by atoms with Gasteiger partial charge in [-0.3, -0.25) is 0 Å². The van der Waals surface area contributed by atoms with Crippen molar-refractivity contribution >= 4 is 10.9 Å². The molecule has 21 heavy (non-hydrogen) atoms. The molecule has 0 N–H and O–H groups in total. The minimum Gasteiger partial charge on any atom is -0.338 e. The van der Waals surface area contributed by atoms with Crippen LogP contribution in [-0.4, -0.2) is 11.0 Å². The van der Waals surface area contributed by atoms with Crippen molar-refractivity contribution in [2.45, 2.75) is 65.3 Å². The van der Waals surface area contributed by atoms with Crippen LogP contribution < -0.4 is 0 Å². The number of nitrogens with zero attached hydrogens (tertiary/aromatic N) is 1. The average Bonchev–Trinajstić information content (AvgIpc) is 2.65. The Morgan fingerprint density at radius 2 is 1.57 bits per heavy atom. The van der Waals surface area contributed by atoms with Crippen LogP contribution in [0.2, 0.25) is 0 Å². The van der Waals surface area contributed by atoms with Crippen LogP contribution in [0.3, 0.4) is 0 Å². The molecule has 0 radical (unpaired) electrons. The van der Waals surface area contributed by atoms with Crippen molar-refractivity contribution in [1.82, 2.24) is 4.57 Å². The molecule has 0 aliphatic rings. The van der Waals surface area contributed by atoms with Gasteiger partial charge in [-0.1, -0.05) is 53.7 Å². The molecule has 2 rings (SSSR count). The van der Waals surface area contributed by atoms with Crippen LogP contribution in [0.15, 0.2) is 24.3 Å². The molecule has 0 spiro atoms. The van der Waals surface area contributed by atoms with E-state index in [2.05, 4.69) is 53.7 Å². The molecule has 0 saturated carbocycles. The Kier molecular flexibility index (Phi) is 3.90. The highest BCUT2D eigenvalue weighted by atomic mass is 19.3. The maximum Gasteiger partial charge on any atom is 0.256 e. The van der Waals surface area contributed by atoms with Crippen molar-refractivity contribution in [2.24, 2.45) is 0 Å². The second kappa shape index (κ2) is 5.11. The molecule has 1 nitrogen and oxygen atoms in total. The van der Waals surface area contributed by atoms with E-state index < -0.39 is 6.43 Å². The van der Waals surface area contributed by atoms with Crippen LogP contribution in [0, 0.1) is 0 Å². The van der Waals surface area contributed by atoms with Gasteiger partial charge in [-0.15, -0.1) is 0 Å². The van der Waals surface area contributed by atoms with E-state index in [-0.39, 0.29) is 17.4 Å². The maximum atomic E-state index is 13.0. The summed E-state index contributed by atoms with van der Waals surface area (Å²) in [5.41, 5.74) is 2.90. The fourth-order valence-corrected chi connectivity index (χ4v) is 2.68. The Hall–Kier alpha value is -1.38. The minimum absolute atomic E-state index is 0.00994. The van der Waals surface area contributed by atoms with E-state index in [1.165, 1.54) is 5.56 Å². The van der Waals surface area contributed by atoms with Gasteiger partial charge in [-0.05, 0) is 28.5 Å². The summed E-state index contributed by atoms with van der Waals surface area (Å²) in [6.07, 6.45) is -2.35. The molecule has 1 aromatic carbocycles. The highest BCUT2D eigenvalue weighted by Crippen LogP contribution is 2.33. The zero-order chi connectivity index (χ0) is 16.0. The lowest BCUT2D eigenvalue weighted by Crippen LogP contribution is -2.20. The van der Waals surface area contributed by atoms with Crippen molar-refractivity contribution in [3.63, 3.8) is 0 Å². The topological polar surface area (TPSA) is 4.93 Å². The van der Waals surface area contributed by atoms with Crippen LogP contribution in [-0.2, 0) is 17.4 Å². The third kappa shape index (κ3) is 3.28. The van der Waals surface area contributed by atoms with Gasteiger partial charge in [0.2, 0.25) is 0 Å². The molecule has 0 unspecified atom stereocenters. The molecule has 0 amide bonds. The highest BCUT2D eigenvalue weighted by Gasteiger charge is 2.23. The lowest BCUT2D eigenvalue weighted by atomic mass is 9.87. The van der Waals surface area contributed by atoms with Crippen molar-refractivity contribution in [3.8, 4) is 0 Å². The van der Waals surface area contributed by atoms with Crippen LogP contribution in [0.5, 0.6) is 0 Å². The Labute approximate surface area is 126 Å². The predicted octanol–water partition coefficient (Wildman–Crippen LogP) is 5.50. The third-order valence-electron chi connectivity index (χ3n) is 3.86. The first-order valence-electron chi connectivity index (χ1n) is 7.42. The second-order valence-electron chi connectivity index (χ2n) is 7.80. The van der Waals surface area contributed by atoms with E-state index in [4.69, 9.17) is 0 Å². The van der Waals surface area contributed by atoms with Gasteiger partial charge in [0, 0.05) is 16.6 Å². The molecule has 3 heteroatoms. The number of fused-ring (bicyclic) bond motifs is 1. The predicted molar refractivity (Wildman–Crippen MR) is 85.3 cm³/mol. The van der Waals surface area contributed by atoms with Crippen molar-refractivity contribution in [2.75, 3.05) is 0 Å². The Morgan fingerprint density at radius 3 is 2.05 bits per heavy atom. The standard InChI is InChI=1S/C18H25F2N/c1-17(2,3)13-8-7-12-9-15(18(4,5)6)21(11-16(19)20)14(12)10-13/h7-10,16H,11H2,1-6H3. The molecule has 116 valence electrons. The zero-order valence-corrected chi connectivity index (χ0v) is 13.8. The first-order valence-corrected chi connectivity index (χ1v) is 7.42. The largest absolute Gasteiger partial charge is 0.338 e. The smallest absolute Gasteiger partial charge is 0.256 e. The Balaban J connectivity index is 2.71. The normalized spacial score (nSPS) is 13.4. The molecule has 0 atom stereocenters. The highest BCUT2D eigenvalue weighted by molar-refractivity contribution is 5.82. The van der Waals surface area contributed by atoms with Crippen LogP contribution in [0.1, 0.15) is 52.8 Å². The van der Waals surface area contributed by atoms with E-state index in [0.29, 0.717) is 0 Å². The van der Waals surface area contributed by atoms with Gasteiger partial charge in [0.1, 0.15) is 0 Å². The lowest BCUT2D eigenvalue weighted by molar-refractivity contribution is 0.126. The monoisotopic (exact) mass is 293 g/mol. The first kappa shape index (κ1) is 16.0. The summed E-state index contributed by atoms with van der Waals surface area (Å²) in [7, 11) is 0. The van der Waals surface area contributed by atoms with Crippen molar-refractivity contribution < 1.29 is 8.78 Å². The zero-order valence-electron chi connectivity index (χ0n) is 13.8. The summed E-state index contributed by atoms with van der Waals surface area (Å²) in [4.78, 5) is 0. The molecule has 2 aromatic rings. The lowest BCUT2D eigenvalue weighted by Gasteiger charge is -2.23. The third-order valence-corrected chi connectivity index (χ3v) is 3.86. The summed E-state index contributed by atoms with van der Waals surface area (Å²) in [6.45, 7) is 12.4. The fraction of sp³-hybridized carbons (Fsp3) is 0.556. The van der Waals surface area contributed by atoms with E-state index in [0.717, 1.165) is 16.6 Å². The number of halogens is 2. The van der Waals surface area contributed by atoms with Crippen LogP contribution in [0.25, 0.3) is 10.9 Å². The second-order valence-corrected chi connectivity index (χ2v) is 7.80. The number of hydrogen-bond donors (Lipinski definition) is 0. The molecule has 1 aromatic heterocycles. The molecule has 0 aliphatic carbocycles. The molecular formula is C18H25F2N. The Morgan fingerprint density at radius 1 is 0.952 bits per heavy atom. The molecule has 0 fully saturated rings. The molecular weight excluding hydrogens is 268 g/mol. The number of hydrogen-bond acceptors (Lipinski definition) is 0. The van der Waals surface area contributed by atoms with E-state index in [9.17, 15) is 8.78 Å². The van der Waals surface area contributed by atoms with Crippen molar-refractivity contribution in [1.29, 1.82) is 0 Å².